The minimum absolute atomic E-state index is 0.162. The number of hydrogen-bond donors (Lipinski definition) is 1. The highest BCUT2D eigenvalue weighted by molar-refractivity contribution is 6.23. The molecular formula is C18H18N2O2. The molecule has 2 amide bonds. The van der Waals surface area contributed by atoms with E-state index in [0.717, 1.165) is 16.8 Å². The molecule has 0 aliphatic carbocycles. The number of imide groups is 1. The topological polar surface area (TPSA) is 49.4 Å². The van der Waals surface area contributed by atoms with Crippen molar-refractivity contribution in [3.63, 3.8) is 0 Å². The number of hydrogen-bond acceptors (Lipinski definition) is 3. The molecule has 2 aromatic rings. The fraction of sp³-hybridized carbons (Fsp3) is 0.222. The van der Waals surface area contributed by atoms with E-state index < -0.39 is 6.04 Å². The van der Waals surface area contributed by atoms with Crippen molar-refractivity contribution in [2.75, 3.05) is 10.2 Å². The van der Waals surface area contributed by atoms with Crippen molar-refractivity contribution in [3.05, 3.63) is 59.7 Å². The number of anilines is 2. The number of carbonyl (C=O) groups excluding carboxylic acids is 2. The van der Waals surface area contributed by atoms with Crippen molar-refractivity contribution in [2.45, 2.75) is 26.3 Å². The van der Waals surface area contributed by atoms with E-state index >= 15 is 0 Å². The van der Waals surface area contributed by atoms with Crippen molar-refractivity contribution in [1.29, 1.82) is 0 Å². The highest BCUT2D eigenvalue weighted by Gasteiger charge is 2.40. The summed E-state index contributed by atoms with van der Waals surface area (Å²) in [6.45, 7) is 3.91. The Hall–Kier alpha value is -2.62. The predicted octanol–water partition coefficient (Wildman–Crippen LogP) is 3.05. The van der Waals surface area contributed by atoms with Gasteiger partial charge in [-0.25, -0.2) is 4.90 Å². The highest BCUT2D eigenvalue weighted by atomic mass is 16.2. The number of para-hydroxylation sites is 1. The van der Waals surface area contributed by atoms with Crippen LogP contribution in [0, 0.1) is 13.8 Å². The van der Waals surface area contributed by atoms with Crippen molar-refractivity contribution in [2.24, 2.45) is 0 Å². The van der Waals surface area contributed by atoms with Gasteiger partial charge in [-0.05, 0) is 37.6 Å². The molecule has 0 bridgehead atoms. The monoisotopic (exact) mass is 294 g/mol. The molecule has 0 saturated carbocycles. The van der Waals surface area contributed by atoms with Crippen LogP contribution in [0.25, 0.3) is 0 Å². The van der Waals surface area contributed by atoms with E-state index in [4.69, 9.17) is 0 Å². The van der Waals surface area contributed by atoms with Crippen LogP contribution >= 0.6 is 0 Å². The summed E-state index contributed by atoms with van der Waals surface area (Å²) in [5.74, 6) is -0.355. The lowest BCUT2D eigenvalue weighted by Crippen LogP contribution is -2.35. The Kier molecular flexibility index (Phi) is 3.67. The van der Waals surface area contributed by atoms with Gasteiger partial charge >= 0.3 is 0 Å². The van der Waals surface area contributed by atoms with Gasteiger partial charge in [-0.1, -0.05) is 35.9 Å². The van der Waals surface area contributed by atoms with E-state index in [1.165, 1.54) is 4.90 Å². The van der Waals surface area contributed by atoms with Crippen LogP contribution < -0.4 is 10.2 Å². The maximum Gasteiger partial charge on any atom is 0.256 e. The zero-order valence-electron chi connectivity index (χ0n) is 12.7. The van der Waals surface area contributed by atoms with Crippen LogP contribution in [-0.4, -0.2) is 17.9 Å². The van der Waals surface area contributed by atoms with Crippen molar-refractivity contribution in [1.82, 2.24) is 0 Å². The fourth-order valence-electron chi connectivity index (χ4n) is 2.79. The second kappa shape index (κ2) is 5.64. The standard InChI is InChI=1S/C18H18N2O2/c1-12-8-9-16(13(2)10-12)20-17(21)11-15(18(20)22)19-14-6-4-3-5-7-14/h3-10,15,19H,11H2,1-2H3/t15-/m0/s1. The smallest absolute Gasteiger partial charge is 0.256 e. The van der Waals surface area contributed by atoms with Gasteiger partial charge in [0.2, 0.25) is 5.91 Å². The molecule has 1 saturated heterocycles. The van der Waals surface area contributed by atoms with Gasteiger partial charge in [0, 0.05) is 5.69 Å². The SMILES string of the molecule is Cc1ccc(N2C(=O)C[C@H](Nc3ccccc3)C2=O)c(C)c1. The number of aryl methyl sites for hydroxylation is 2. The van der Waals surface area contributed by atoms with Crippen LogP contribution in [0.4, 0.5) is 11.4 Å². The Bertz CT molecular complexity index is 725. The molecule has 4 nitrogen and oxygen atoms in total. The van der Waals surface area contributed by atoms with Gasteiger partial charge in [-0.3, -0.25) is 9.59 Å². The third-order valence-electron chi connectivity index (χ3n) is 3.85. The Balaban J connectivity index is 1.85. The van der Waals surface area contributed by atoms with Gasteiger partial charge in [-0.2, -0.15) is 0 Å². The van der Waals surface area contributed by atoms with E-state index in [2.05, 4.69) is 5.32 Å². The van der Waals surface area contributed by atoms with Crippen LogP contribution in [0.2, 0.25) is 0 Å². The Morgan fingerprint density at radius 1 is 1.05 bits per heavy atom. The molecule has 0 spiro atoms. The Morgan fingerprint density at radius 2 is 1.77 bits per heavy atom. The van der Waals surface area contributed by atoms with Gasteiger partial charge in [0.05, 0.1) is 12.1 Å². The Morgan fingerprint density at radius 3 is 2.45 bits per heavy atom. The minimum Gasteiger partial charge on any atom is -0.373 e. The average Bonchev–Trinajstić information content (AvgIpc) is 2.75. The van der Waals surface area contributed by atoms with E-state index in [1.807, 2.05) is 62.4 Å². The minimum atomic E-state index is -0.504. The van der Waals surface area contributed by atoms with Gasteiger partial charge in [0.15, 0.2) is 0 Å². The van der Waals surface area contributed by atoms with Crippen LogP contribution in [0.1, 0.15) is 17.5 Å². The molecule has 2 aromatic carbocycles. The lowest BCUT2D eigenvalue weighted by Gasteiger charge is -2.18. The summed E-state index contributed by atoms with van der Waals surface area (Å²) in [7, 11) is 0. The summed E-state index contributed by atoms with van der Waals surface area (Å²) in [5.41, 5.74) is 3.57. The van der Waals surface area contributed by atoms with Crippen molar-refractivity contribution < 1.29 is 9.59 Å². The molecule has 0 unspecified atom stereocenters. The van der Waals surface area contributed by atoms with Crippen LogP contribution in [0.5, 0.6) is 0 Å². The van der Waals surface area contributed by atoms with Crippen molar-refractivity contribution >= 4 is 23.2 Å². The van der Waals surface area contributed by atoms with Gasteiger partial charge < -0.3 is 5.32 Å². The first-order valence-electron chi connectivity index (χ1n) is 7.32. The van der Waals surface area contributed by atoms with Gasteiger partial charge in [0.1, 0.15) is 6.04 Å². The Labute approximate surface area is 129 Å². The number of rotatable bonds is 3. The second-order valence-corrected chi connectivity index (χ2v) is 5.62. The van der Waals surface area contributed by atoms with E-state index in [-0.39, 0.29) is 18.2 Å². The molecule has 22 heavy (non-hydrogen) atoms. The third kappa shape index (κ3) is 2.60. The zero-order chi connectivity index (χ0) is 15.7. The molecular weight excluding hydrogens is 276 g/mol. The molecule has 1 N–H and O–H groups in total. The van der Waals surface area contributed by atoms with Gasteiger partial charge in [0.25, 0.3) is 5.91 Å². The lowest BCUT2D eigenvalue weighted by atomic mass is 10.1. The summed E-state index contributed by atoms with van der Waals surface area (Å²) in [5, 5.41) is 3.14. The highest BCUT2D eigenvalue weighted by Crippen LogP contribution is 2.28. The van der Waals surface area contributed by atoms with Crippen molar-refractivity contribution in [3.8, 4) is 0 Å². The summed E-state index contributed by atoms with van der Waals surface area (Å²) in [6, 6.07) is 14.7. The lowest BCUT2D eigenvalue weighted by molar-refractivity contribution is -0.121. The number of nitrogens with zero attached hydrogens (tertiary/aromatic N) is 1. The zero-order valence-corrected chi connectivity index (χ0v) is 12.7. The van der Waals surface area contributed by atoms with E-state index in [0.29, 0.717) is 5.69 Å². The molecule has 112 valence electrons. The third-order valence-corrected chi connectivity index (χ3v) is 3.85. The van der Waals surface area contributed by atoms with Crippen LogP contribution in [-0.2, 0) is 9.59 Å². The number of benzene rings is 2. The maximum atomic E-state index is 12.6. The first-order valence-corrected chi connectivity index (χ1v) is 7.32. The first-order chi connectivity index (χ1) is 10.6. The summed E-state index contributed by atoms with van der Waals surface area (Å²) in [6.07, 6.45) is 0.182. The molecule has 0 radical (unpaired) electrons. The number of carbonyl (C=O) groups is 2. The van der Waals surface area contributed by atoms with E-state index in [1.54, 1.807) is 0 Å². The van der Waals surface area contributed by atoms with E-state index in [9.17, 15) is 9.59 Å². The predicted molar refractivity (Wildman–Crippen MR) is 86.9 cm³/mol. The molecule has 3 rings (SSSR count). The van der Waals surface area contributed by atoms with Crippen LogP contribution in [0.15, 0.2) is 48.5 Å². The second-order valence-electron chi connectivity index (χ2n) is 5.62. The molecule has 1 aliphatic heterocycles. The summed E-state index contributed by atoms with van der Waals surface area (Å²) in [4.78, 5) is 26.2. The largest absolute Gasteiger partial charge is 0.373 e. The molecule has 0 aromatic heterocycles. The number of amides is 2. The maximum absolute atomic E-state index is 12.6. The van der Waals surface area contributed by atoms with Crippen LogP contribution in [0.3, 0.4) is 0 Å². The summed E-state index contributed by atoms with van der Waals surface area (Å²) < 4.78 is 0. The molecule has 4 heteroatoms. The fourth-order valence-corrected chi connectivity index (χ4v) is 2.79. The molecule has 1 heterocycles. The number of nitrogens with one attached hydrogen (secondary N) is 1. The molecule has 1 atom stereocenters. The average molecular weight is 294 g/mol. The first kappa shape index (κ1) is 14.3. The molecule has 1 fully saturated rings. The van der Waals surface area contributed by atoms with Gasteiger partial charge in [-0.15, -0.1) is 0 Å². The summed E-state index contributed by atoms with van der Waals surface area (Å²) >= 11 is 0. The quantitative estimate of drug-likeness (QED) is 0.885. The molecule has 1 aliphatic rings. The normalized spacial score (nSPS) is 17.9.